The van der Waals surface area contributed by atoms with Gasteiger partial charge in [-0.25, -0.2) is 0 Å². The molecule has 0 bridgehead atoms. The first kappa shape index (κ1) is 13.1. The van der Waals surface area contributed by atoms with Gasteiger partial charge in [-0.2, -0.15) is 0 Å². The minimum atomic E-state index is -0.695. The molecule has 94 valence electrons. The number of benzene rings is 1. The number of nitrogens with zero attached hydrogens (tertiary/aromatic N) is 1. The number of aromatic nitrogens is 1. The molecule has 2 aromatic rings. The zero-order valence-corrected chi connectivity index (χ0v) is 11.8. The molecule has 1 aromatic heterocycles. The second kappa shape index (κ2) is 5.50. The minimum Gasteiger partial charge on any atom is -0.495 e. The Bertz CT molecular complexity index is 557. The molecule has 0 saturated carbocycles. The number of aliphatic hydroxyl groups excluding tert-OH is 1. The van der Waals surface area contributed by atoms with Crippen molar-refractivity contribution in [3.8, 4) is 5.75 Å². The molecule has 0 saturated heterocycles. The quantitative estimate of drug-likeness (QED) is 0.946. The van der Waals surface area contributed by atoms with Gasteiger partial charge in [0.1, 0.15) is 11.9 Å². The Morgan fingerprint density at radius 2 is 2.00 bits per heavy atom. The Morgan fingerprint density at radius 1 is 1.22 bits per heavy atom. The molecule has 1 aromatic carbocycles. The van der Waals surface area contributed by atoms with Crippen LogP contribution in [-0.2, 0) is 0 Å². The van der Waals surface area contributed by atoms with Crippen LogP contribution < -0.4 is 4.74 Å². The number of methoxy groups -OCH3 is 1. The Hall–Kier alpha value is -1.39. The number of halogens is 1. The van der Waals surface area contributed by atoms with Crippen LogP contribution in [0.25, 0.3) is 0 Å². The van der Waals surface area contributed by atoms with E-state index in [9.17, 15) is 5.11 Å². The standard InChI is InChI=1S/C14H14BrNO2/c1-9-5-10(3-4-13(9)15)14(17)11-6-12(18-2)8-16-7-11/h3-8,14,17H,1-2H3. The van der Waals surface area contributed by atoms with E-state index in [0.29, 0.717) is 5.75 Å². The van der Waals surface area contributed by atoms with Crippen molar-refractivity contribution < 1.29 is 9.84 Å². The Labute approximate surface area is 115 Å². The highest BCUT2D eigenvalue weighted by atomic mass is 79.9. The third kappa shape index (κ3) is 2.71. The summed E-state index contributed by atoms with van der Waals surface area (Å²) < 4.78 is 6.13. The first-order valence-corrected chi connectivity index (χ1v) is 6.34. The van der Waals surface area contributed by atoms with E-state index >= 15 is 0 Å². The zero-order chi connectivity index (χ0) is 13.1. The maximum absolute atomic E-state index is 10.3. The van der Waals surface area contributed by atoms with Crippen LogP contribution in [0, 0.1) is 6.92 Å². The van der Waals surface area contributed by atoms with Gasteiger partial charge in [0.2, 0.25) is 0 Å². The average molecular weight is 308 g/mol. The maximum Gasteiger partial charge on any atom is 0.137 e. The van der Waals surface area contributed by atoms with E-state index in [0.717, 1.165) is 21.2 Å². The first-order chi connectivity index (χ1) is 8.61. The summed E-state index contributed by atoms with van der Waals surface area (Å²) in [6.07, 6.45) is 2.56. The molecule has 3 nitrogen and oxygen atoms in total. The SMILES string of the molecule is COc1cncc(C(O)c2ccc(Br)c(C)c2)c1. The van der Waals surface area contributed by atoms with Gasteiger partial charge in [0.25, 0.3) is 0 Å². The van der Waals surface area contributed by atoms with E-state index in [4.69, 9.17) is 4.74 Å². The van der Waals surface area contributed by atoms with E-state index in [1.54, 1.807) is 25.6 Å². The van der Waals surface area contributed by atoms with Crippen LogP contribution in [0.5, 0.6) is 5.75 Å². The predicted octanol–water partition coefficient (Wildman–Crippen LogP) is 3.24. The Kier molecular flexibility index (Phi) is 3.99. The molecule has 4 heteroatoms. The van der Waals surface area contributed by atoms with Gasteiger partial charge in [-0.1, -0.05) is 28.1 Å². The molecular weight excluding hydrogens is 294 g/mol. The average Bonchev–Trinajstić information content (AvgIpc) is 2.41. The van der Waals surface area contributed by atoms with Gasteiger partial charge in [0.15, 0.2) is 0 Å². The van der Waals surface area contributed by atoms with Crippen molar-refractivity contribution in [1.82, 2.24) is 4.98 Å². The number of ether oxygens (including phenoxy) is 1. The van der Waals surface area contributed by atoms with Crippen molar-refractivity contribution >= 4 is 15.9 Å². The van der Waals surface area contributed by atoms with Crippen LogP contribution in [0.3, 0.4) is 0 Å². The summed E-state index contributed by atoms with van der Waals surface area (Å²) in [6.45, 7) is 1.99. The van der Waals surface area contributed by atoms with Crippen molar-refractivity contribution in [2.45, 2.75) is 13.0 Å². The van der Waals surface area contributed by atoms with E-state index in [-0.39, 0.29) is 0 Å². The molecule has 0 radical (unpaired) electrons. The van der Waals surface area contributed by atoms with Crippen molar-refractivity contribution in [1.29, 1.82) is 0 Å². The van der Waals surface area contributed by atoms with Crippen molar-refractivity contribution in [2.24, 2.45) is 0 Å². The fourth-order valence-electron chi connectivity index (χ4n) is 1.73. The maximum atomic E-state index is 10.3. The van der Waals surface area contributed by atoms with E-state index in [2.05, 4.69) is 20.9 Å². The number of rotatable bonds is 3. The third-order valence-electron chi connectivity index (χ3n) is 2.78. The molecule has 0 aliphatic carbocycles. The second-order valence-electron chi connectivity index (χ2n) is 4.07. The summed E-state index contributed by atoms with van der Waals surface area (Å²) in [5.41, 5.74) is 2.64. The third-order valence-corrected chi connectivity index (χ3v) is 3.67. The molecule has 0 amide bonds. The first-order valence-electron chi connectivity index (χ1n) is 5.55. The second-order valence-corrected chi connectivity index (χ2v) is 4.92. The molecule has 18 heavy (non-hydrogen) atoms. The number of aryl methyl sites for hydroxylation is 1. The topological polar surface area (TPSA) is 42.4 Å². The summed E-state index contributed by atoms with van der Waals surface area (Å²) in [5.74, 6) is 0.639. The van der Waals surface area contributed by atoms with E-state index in [1.165, 1.54) is 0 Å². The van der Waals surface area contributed by atoms with Crippen LogP contribution in [0.2, 0.25) is 0 Å². The molecule has 0 fully saturated rings. The Morgan fingerprint density at radius 3 is 2.67 bits per heavy atom. The lowest BCUT2D eigenvalue weighted by atomic mass is 10.0. The lowest BCUT2D eigenvalue weighted by molar-refractivity contribution is 0.219. The van der Waals surface area contributed by atoms with Gasteiger partial charge < -0.3 is 9.84 Å². The molecule has 1 heterocycles. The number of hydrogen-bond donors (Lipinski definition) is 1. The summed E-state index contributed by atoms with van der Waals surface area (Å²) in [6, 6.07) is 7.56. The van der Waals surface area contributed by atoms with Crippen LogP contribution in [0.1, 0.15) is 22.8 Å². The van der Waals surface area contributed by atoms with Crippen molar-refractivity contribution in [3.63, 3.8) is 0 Å². The summed E-state index contributed by atoms with van der Waals surface area (Å²) in [4.78, 5) is 4.05. The van der Waals surface area contributed by atoms with Crippen molar-refractivity contribution in [2.75, 3.05) is 7.11 Å². The summed E-state index contributed by atoms with van der Waals surface area (Å²) in [7, 11) is 1.58. The highest BCUT2D eigenvalue weighted by molar-refractivity contribution is 9.10. The van der Waals surface area contributed by atoms with Gasteiger partial charge >= 0.3 is 0 Å². The van der Waals surface area contributed by atoms with Crippen molar-refractivity contribution in [3.05, 3.63) is 57.8 Å². The molecule has 1 N–H and O–H groups in total. The number of hydrogen-bond acceptors (Lipinski definition) is 3. The van der Waals surface area contributed by atoms with Gasteiger partial charge in [-0.3, -0.25) is 4.98 Å². The molecule has 0 spiro atoms. The van der Waals surface area contributed by atoms with Crippen LogP contribution >= 0.6 is 15.9 Å². The molecule has 0 aliphatic rings. The highest BCUT2D eigenvalue weighted by Gasteiger charge is 2.12. The van der Waals surface area contributed by atoms with Crippen LogP contribution in [-0.4, -0.2) is 17.2 Å². The highest BCUT2D eigenvalue weighted by Crippen LogP contribution is 2.27. The lowest BCUT2D eigenvalue weighted by Crippen LogP contribution is -2.01. The molecule has 2 rings (SSSR count). The van der Waals surface area contributed by atoms with Crippen LogP contribution in [0.4, 0.5) is 0 Å². The molecule has 1 unspecified atom stereocenters. The van der Waals surface area contributed by atoms with E-state index in [1.807, 2.05) is 25.1 Å². The fourth-order valence-corrected chi connectivity index (χ4v) is 1.97. The van der Waals surface area contributed by atoms with E-state index < -0.39 is 6.10 Å². The monoisotopic (exact) mass is 307 g/mol. The van der Waals surface area contributed by atoms with Gasteiger partial charge in [-0.05, 0) is 30.2 Å². The lowest BCUT2D eigenvalue weighted by Gasteiger charge is -2.13. The normalized spacial score (nSPS) is 12.2. The summed E-state index contributed by atoms with van der Waals surface area (Å²) >= 11 is 3.44. The van der Waals surface area contributed by atoms with Gasteiger partial charge in [0, 0.05) is 16.2 Å². The Balaban J connectivity index is 2.34. The fraction of sp³-hybridized carbons (Fsp3) is 0.214. The smallest absolute Gasteiger partial charge is 0.137 e. The predicted molar refractivity (Wildman–Crippen MR) is 73.7 cm³/mol. The van der Waals surface area contributed by atoms with Gasteiger partial charge in [-0.15, -0.1) is 0 Å². The minimum absolute atomic E-state index is 0.639. The molecule has 0 aliphatic heterocycles. The molecule has 1 atom stereocenters. The zero-order valence-electron chi connectivity index (χ0n) is 10.2. The number of aliphatic hydroxyl groups is 1. The number of pyridine rings is 1. The largest absolute Gasteiger partial charge is 0.495 e. The van der Waals surface area contributed by atoms with Gasteiger partial charge in [0.05, 0.1) is 13.3 Å². The summed E-state index contributed by atoms with van der Waals surface area (Å²) in [5, 5.41) is 10.3. The van der Waals surface area contributed by atoms with Crippen LogP contribution in [0.15, 0.2) is 41.1 Å². The molecular formula is C14H14BrNO2.